The average Bonchev–Trinajstić information content (AvgIpc) is 2.07. The summed E-state index contributed by atoms with van der Waals surface area (Å²) in [5.41, 5.74) is -0.714. The number of Topliss-reactive ketones (excluding diaryl/α,β-unsaturated/α-hetero) is 1. The Morgan fingerprint density at radius 2 is 2.00 bits per heavy atom. The standard InChI is InChI=1S/C8H11O3/c9-5-8(6-10)3-1-7(11)2-4-8/h5H,1-4,6H2/q-1. The Bertz CT molecular complexity index is 164. The number of hydrogen-bond donors (Lipinski definition) is 0. The zero-order valence-electron chi connectivity index (χ0n) is 6.34. The molecular weight excluding hydrogens is 144 g/mol. The lowest BCUT2D eigenvalue weighted by Gasteiger charge is -2.33. The Hall–Kier alpha value is -0.700. The van der Waals surface area contributed by atoms with Crippen LogP contribution >= 0.6 is 0 Å². The lowest BCUT2D eigenvalue weighted by Crippen LogP contribution is -2.38. The van der Waals surface area contributed by atoms with Gasteiger partial charge in [0, 0.05) is 18.3 Å². The monoisotopic (exact) mass is 155 g/mol. The van der Waals surface area contributed by atoms with Crippen LogP contribution in [0.15, 0.2) is 0 Å². The van der Waals surface area contributed by atoms with Gasteiger partial charge >= 0.3 is 0 Å². The molecule has 0 saturated heterocycles. The predicted octanol–water partition coefficient (Wildman–Crippen LogP) is -0.325. The lowest BCUT2D eigenvalue weighted by atomic mass is 9.75. The van der Waals surface area contributed by atoms with Crippen LogP contribution in [0.5, 0.6) is 0 Å². The molecule has 1 fully saturated rings. The Labute approximate surface area is 65.4 Å². The van der Waals surface area contributed by atoms with Crippen molar-refractivity contribution in [2.24, 2.45) is 5.41 Å². The van der Waals surface area contributed by atoms with Gasteiger partial charge in [0.2, 0.25) is 0 Å². The van der Waals surface area contributed by atoms with Crippen molar-refractivity contribution in [2.45, 2.75) is 25.7 Å². The Morgan fingerprint density at radius 3 is 2.36 bits per heavy atom. The maximum absolute atomic E-state index is 10.8. The first-order valence-corrected chi connectivity index (χ1v) is 3.78. The maximum Gasteiger partial charge on any atom is 0.132 e. The Balaban J connectivity index is 2.59. The molecule has 0 atom stereocenters. The summed E-state index contributed by atoms with van der Waals surface area (Å²) < 4.78 is 0. The highest BCUT2D eigenvalue weighted by atomic mass is 16.3. The van der Waals surface area contributed by atoms with E-state index in [0.717, 1.165) is 6.29 Å². The zero-order chi connectivity index (χ0) is 8.32. The SMILES string of the molecule is O=CC1(C[O-])CCC(=O)CC1. The second kappa shape index (κ2) is 3.13. The van der Waals surface area contributed by atoms with Crippen molar-refractivity contribution in [3.8, 4) is 0 Å². The summed E-state index contributed by atoms with van der Waals surface area (Å²) >= 11 is 0. The molecule has 3 nitrogen and oxygen atoms in total. The minimum Gasteiger partial charge on any atom is -0.854 e. The van der Waals surface area contributed by atoms with Gasteiger partial charge < -0.3 is 9.90 Å². The van der Waals surface area contributed by atoms with Gasteiger partial charge in [-0.25, -0.2) is 0 Å². The number of carbonyl (C=O) groups excluding carboxylic acids is 2. The number of ketones is 1. The molecule has 0 heterocycles. The largest absolute Gasteiger partial charge is 0.854 e. The van der Waals surface area contributed by atoms with Gasteiger partial charge in [0.15, 0.2) is 0 Å². The molecule has 1 saturated carbocycles. The second-order valence-electron chi connectivity index (χ2n) is 3.16. The van der Waals surface area contributed by atoms with Gasteiger partial charge in [-0.05, 0) is 12.8 Å². The second-order valence-corrected chi connectivity index (χ2v) is 3.16. The first kappa shape index (κ1) is 8.40. The van der Waals surface area contributed by atoms with Crippen molar-refractivity contribution in [3.63, 3.8) is 0 Å². The van der Waals surface area contributed by atoms with Crippen LogP contribution in [0.3, 0.4) is 0 Å². The fraction of sp³-hybridized carbons (Fsp3) is 0.750. The van der Waals surface area contributed by atoms with Gasteiger partial charge in [-0.2, -0.15) is 0 Å². The van der Waals surface area contributed by atoms with E-state index < -0.39 is 5.41 Å². The van der Waals surface area contributed by atoms with Crippen LogP contribution in [-0.4, -0.2) is 18.7 Å². The Morgan fingerprint density at radius 1 is 1.45 bits per heavy atom. The highest BCUT2D eigenvalue weighted by molar-refractivity contribution is 5.81. The van der Waals surface area contributed by atoms with E-state index in [0.29, 0.717) is 25.7 Å². The van der Waals surface area contributed by atoms with E-state index in [-0.39, 0.29) is 12.4 Å². The van der Waals surface area contributed by atoms with Crippen LogP contribution in [0.1, 0.15) is 25.7 Å². The molecular formula is C8H11O3-. The molecule has 11 heavy (non-hydrogen) atoms. The maximum atomic E-state index is 10.8. The predicted molar refractivity (Wildman–Crippen MR) is 36.8 cm³/mol. The molecule has 0 aliphatic heterocycles. The summed E-state index contributed by atoms with van der Waals surface area (Å²) in [6.07, 6.45) is 2.45. The lowest BCUT2D eigenvalue weighted by molar-refractivity contribution is -0.388. The van der Waals surface area contributed by atoms with Gasteiger partial charge in [-0.1, -0.05) is 0 Å². The number of aldehydes is 1. The molecule has 0 unspecified atom stereocenters. The van der Waals surface area contributed by atoms with Crippen molar-refractivity contribution < 1.29 is 14.7 Å². The van der Waals surface area contributed by atoms with Gasteiger partial charge in [-0.3, -0.25) is 4.79 Å². The van der Waals surface area contributed by atoms with Gasteiger partial charge in [0.1, 0.15) is 12.1 Å². The smallest absolute Gasteiger partial charge is 0.132 e. The molecule has 0 aromatic heterocycles. The van der Waals surface area contributed by atoms with E-state index in [1.807, 2.05) is 0 Å². The number of carbonyl (C=O) groups is 2. The molecule has 1 aliphatic rings. The highest BCUT2D eigenvalue weighted by Gasteiger charge is 2.30. The first-order chi connectivity index (χ1) is 5.22. The van der Waals surface area contributed by atoms with Crippen molar-refractivity contribution in [1.29, 1.82) is 0 Å². The molecule has 1 aliphatic carbocycles. The molecule has 0 N–H and O–H groups in total. The van der Waals surface area contributed by atoms with Crippen LogP contribution in [0, 0.1) is 5.41 Å². The molecule has 0 spiro atoms. The third-order valence-corrected chi connectivity index (χ3v) is 2.34. The van der Waals surface area contributed by atoms with E-state index in [4.69, 9.17) is 0 Å². The topological polar surface area (TPSA) is 57.2 Å². The van der Waals surface area contributed by atoms with Crippen LogP contribution in [0.2, 0.25) is 0 Å². The number of rotatable bonds is 2. The first-order valence-electron chi connectivity index (χ1n) is 3.78. The summed E-state index contributed by atoms with van der Waals surface area (Å²) in [6.45, 7) is -0.371. The van der Waals surface area contributed by atoms with Crippen LogP contribution in [-0.2, 0) is 9.59 Å². The van der Waals surface area contributed by atoms with E-state index in [1.54, 1.807) is 0 Å². The van der Waals surface area contributed by atoms with Crippen LogP contribution in [0.4, 0.5) is 0 Å². The highest BCUT2D eigenvalue weighted by Crippen LogP contribution is 2.31. The number of hydrogen-bond acceptors (Lipinski definition) is 3. The zero-order valence-corrected chi connectivity index (χ0v) is 6.34. The average molecular weight is 155 g/mol. The summed E-state index contributed by atoms with van der Waals surface area (Å²) in [5.74, 6) is 0.177. The summed E-state index contributed by atoms with van der Waals surface area (Å²) in [4.78, 5) is 21.3. The molecule has 0 bridgehead atoms. The molecule has 0 amide bonds. The van der Waals surface area contributed by atoms with Crippen molar-refractivity contribution >= 4 is 12.1 Å². The summed E-state index contributed by atoms with van der Waals surface area (Å²) in [5, 5.41) is 10.6. The van der Waals surface area contributed by atoms with E-state index >= 15 is 0 Å². The molecule has 3 heteroatoms. The molecule has 1 rings (SSSR count). The Kier molecular flexibility index (Phi) is 2.39. The fourth-order valence-electron chi connectivity index (χ4n) is 1.32. The quantitative estimate of drug-likeness (QED) is 0.513. The van der Waals surface area contributed by atoms with Crippen molar-refractivity contribution in [2.75, 3.05) is 6.61 Å². The van der Waals surface area contributed by atoms with Gasteiger partial charge in [-0.15, -0.1) is 6.61 Å². The molecule has 0 aromatic rings. The minimum absolute atomic E-state index is 0.177. The van der Waals surface area contributed by atoms with Gasteiger partial charge in [0.05, 0.1) is 0 Å². The minimum atomic E-state index is -0.714. The van der Waals surface area contributed by atoms with Crippen LogP contribution in [0.25, 0.3) is 0 Å². The van der Waals surface area contributed by atoms with Crippen molar-refractivity contribution in [1.82, 2.24) is 0 Å². The molecule has 0 radical (unpaired) electrons. The van der Waals surface area contributed by atoms with Crippen molar-refractivity contribution in [3.05, 3.63) is 0 Å². The van der Waals surface area contributed by atoms with E-state index in [9.17, 15) is 14.7 Å². The van der Waals surface area contributed by atoms with Gasteiger partial charge in [0.25, 0.3) is 0 Å². The normalized spacial score (nSPS) is 23.2. The third-order valence-electron chi connectivity index (χ3n) is 2.34. The molecule has 0 aromatic carbocycles. The summed E-state index contributed by atoms with van der Waals surface area (Å²) in [7, 11) is 0. The van der Waals surface area contributed by atoms with Crippen LogP contribution < -0.4 is 5.11 Å². The van der Waals surface area contributed by atoms with E-state index in [1.165, 1.54) is 0 Å². The molecule has 62 valence electrons. The summed E-state index contributed by atoms with van der Waals surface area (Å²) in [6, 6.07) is 0. The fourth-order valence-corrected chi connectivity index (χ4v) is 1.32. The van der Waals surface area contributed by atoms with E-state index in [2.05, 4.69) is 0 Å². The third kappa shape index (κ3) is 1.66.